The number of thiocarbonyl (C=S) groups is 1. The van der Waals surface area contributed by atoms with Crippen LogP contribution in [0.1, 0.15) is 12.0 Å². The number of nitrogens with zero attached hydrogens (tertiary/aromatic N) is 1. The van der Waals surface area contributed by atoms with E-state index in [1.165, 1.54) is 17.0 Å². The van der Waals surface area contributed by atoms with Gasteiger partial charge in [0.1, 0.15) is 10.1 Å². The Labute approximate surface area is 179 Å². The predicted molar refractivity (Wildman–Crippen MR) is 119 cm³/mol. The van der Waals surface area contributed by atoms with Crippen LogP contribution < -0.4 is 5.32 Å². The van der Waals surface area contributed by atoms with E-state index in [9.17, 15) is 14.0 Å². The molecule has 1 aliphatic heterocycles. The molecule has 8 heteroatoms. The third-order valence-corrected chi connectivity index (χ3v) is 5.79. The zero-order valence-corrected chi connectivity index (χ0v) is 17.7. The minimum atomic E-state index is -0.403. The molecule has 0 aromatic heterocycles. The van der Waals surface area contributed by atoms with Crippen LogP contribution in [0.15, 0.2) is 53.4 Å². The quantitative estimate of drug-likeness (QED) is 0.360. The summed E-state index contributed by atoms with van der Waals surface area (Å²) in [5.74, 6) is -0.918. The molecule has 4 nitrogen and oxygen atoms in total. The number of carbonyl (C=O) groups is 2. The molecule has 0 atom stereocenters. The van der Waals surface area contributed by atoms with E-state index < -0.39 is 5.82 Å². The van der Waals surface area contributed by atoms with Crippen molar-refractivity contribution in [3.63, 3.8) is 0 Å². The molecule has 0 radical (unpaired) electrons. The van der Waals surface area contributed by atoms with Crippen LogP contribution in [0.25, 0.3) is 6.08 Å². The second-order valence-electron chi connectivity index (χ2n) is 5.66. The molecular formula is C19H14FIN2O2S2. The maximum Gasteiger partial charge on any atom is 0.266 e. The Morgan fingerprint density at radius 3 is 2.78 bits per heavy atom. The number of amides is 2. The Morgan fingerprint density at radius 1 is 1.26 bits per heavy atom. The number of benzene rings is 2. The number of carbonyl (C=O) groups excluding carboxylic acids is 2. The smallest absolute Gasteiger partial charge is 0.266 e. The highest BCUT2D eigenvalue weighted by Crippen LogP contribution is 2.33. The molecule has 1 N–H and O–H groups in total. The van der Waals surface area contributed by atoms with E-state index in [4.69, 9.17) is 12.2 Å². The fourth-order valence-electron chi connectivity index (χ4n) is 2.43. The number of anilines is 1. The molecule has 0 bridgehead atoms. The summed E-state index contributed by atoms with van der Waals surface area (Å²) in [4.78, 5) is 26.4. The number of hydrogen-bond donors (Lipinski definition) is 1. The lowest BCUT2D eigenvalue weighted by Crippen LogP contribution is -2.31. The first kappa shape index (κ1) is 20.0. The highest BCUT2D eigenvalue weighted by atomic mass is 127. The van der Waals surface area contributed by atoms with Crippen LogP contribution in [-0.2, 0) is 9.59 Å². The third-order valence-electron chi connectivity index (χ3n) is 3.74. The molecule has 0 spiro atoms. The van der Waals surface area contributed by atoms with Crippen molar-refractivity contribution >= 4 is 74.5 Å². The Balaban J connectivity index is 1.62. The van der Waals surface area contributed by atoms with Crippen LogP contribution in [0.2, 0.25) is 0 Å². The summed E-state index contributed by atoms with van der Waals surface area (Å²) >= 11 is 8.52. The SMILES string of the molecule is O=C(CCN1C(=O)/C(=C/c2ccccc2F)SC1=S)Nc1cccc(I)c1. The minimum absolute atomic E-state index is 0.116. The average Bonchev–Trinajstić information content (AvgIpc) is 2.88. The zero-order chi connectivity index (χ0) is 19.4. The second kappa shape index (κ2) is 8.94. The van der Waals surface area contributed by atoms with Crippen LogP contribution in [0.4, 0.5) is 10.1 Å². The van der Waals surface area contributed by atoms with Crippen molar-refractivity contribution in [2.24, 2.45) is 0 Å². The van der Waals surface area contributed by atoms with E-state index in [2.05, 4.69) is 27.9 Å². The molecule has 2 aromatic carbocycles. The van der Waals surface area contributed by atoms with Crippen LogP contribution in [0.3, 0.4) is 0 Å². The minimum Gasteiger partial charge on any atom is -0.326 e. The topological polar surface area (TPSA) is 49.4 Å². The van der Waals surface area contributed by atoms with E-state index in [0.717, 1.165) is 15.3 Å². The number of halogens is 2. The zero-order valence-electron chi connectivity index (χ0n) is 13.9. The highest BCUT2D eigenvalue weighted by molar-refractivity contribution is 14.1. The summed E-state index contributed by atoms with van der Waals surface area (Å²) in [6.45, 7) is 0.176. The Bertz CT molecular complexity index is 949. The molecule has 0 saturated carbocycles. The Morgan fingerprint density at radius 2 is 2.04 bits per heavy atom. The number of hydrogen-bond acceptors (Lipinski definition) is 4. The summed E-state index contributed by atoms with van der Waals surface area (Å²) in [5.41, 5.74) is 1.03. The van der Waals surface area contributed by atoms with Crippen molar-refractivity contribution in [3.8, 4) is 0 Å². The van der Waals surface area contributed by atoms with Gasteiger partial charge in [-0.3, -0.25) is 14.5 Å². The lowest BCUT2D eigenvalue weighted by Gasteiger charge is -2.14. The molecule has 3 rings (SSSR count). The van der Waals surface area contributed by atoms with E-state index in [-0.39, 0.29) is 24.8 Å². The number of rotatable bonds is 5. The lowest BCUT2D eigenvalue weighted by atomic mass is 10.2. The first-order valence-corrected chi connectivity index (χ1v) is 10.3. The van der Waals surface area contributed by atoms with E-state index in [1.54, 1.807) is 24.3 Å². The number of thioether (sulfide) groups is 1. The van der Waals surface area contributed by atoms with Crippen molar-refractivity contribution in [3.05, 3.63) is 68.4 Å². The molecule has 27 heavy (non-hydrogen) atoms. The molecule has 2 aromatic rings. The first-order valence-electron chi connectivity index (χ1n) is 7.99. The molecule has 1 fully saturated rings. The molecule has 1 saturated heterocycles. The lowest BCUT2D eigenvalue weighted by molar-refractivity contribution is -0.122. The van der Waals surface area contributed by atoms with Gasteiger partial charge in [0.2, 0.25) is 5.91 Å². The van der Waals surface area contributed by atoms with Crippen LogP contribution in [-0.4, -0.2) is 27.6 Å². The molecule has 1 heterocycles. The van der Waals surface area contributed by atoms with Crippen molar-refractivity contribution < 1.29 is 14.0 Å². The van der Waals surface area contributed by atoms with Crippen LogP contribution in [0.5, 0.6) is 0 Å². The van der Waals surface area contributed by atoms with Gasteiger partial charge in [0.15, 0.2) is 0 Å². The largest absolute Gasteiger partial charge is 0.326 e. The predicted octanol–water partition coefficient (Wildman–Crippen LogP) is 4.66. The first-order chi connectivity index (χ1) is 12.9. The van der Waals surface area contributed by atoms with Crippen molar-refractivity contribution in [1.82, 2.24) is 4.90 Å². The van der Waals surface area contributed by atoms with Gasteiger partial charge in [-0.2, -0.15) is 0 Å². The molecule has 2 amide bonds. The van der Waals surface area contributed by atoms with Gasteiger partial charge >= 0.3 is 0 Å². The maximum atomic E-state index is 13.8. The van der Waals surface area contributed by atoms with Crippen LogP contribution >= 0.6 is 46.6 Å². The Hall–Kier alpha value is -1.78. The van der Waals surface area contributed by atoms with Gasteiger partial charge in [-0.15, -0.1) is 0 Å². The molecular weight excluding hydrogens is 498 g/mol. The summed E-state index contributed by atoms with van der Waals surface area (Å²) in [5, 5.41) is 2.80. The van der Waals surface area contributed by atoms with Crippen molar-refractivity contribution in [1.29, 1.82) is 0 Å². The normalized spacial score (nSPS) is 15.5. The van der Waals surface area contributed by atoms with E-state index in [0.29, 0.717) is 20.5 Å². The van der Waals surface area contributed by atoms with Gasteiger partial charge < -0.3 is 5.32 Å². The fraction of sp³-hybridized carbons (Fsp3) is 0.105. The van der Waals surface area contributed by atoms with Gasteiger partial charge in [0, 0.05) is 27.8 Å². The summed E-state index contributed by atoms with van der Waals surface area (Å²) in [6.07, 6.45) is 1.60. The monoisotopic (exact) mass is 512 g/mol. The van der Waals surface area contributed by atoms with Gasteiger partial charge in [0.25, 0.3) is 5.91 Å². The summed E-state index contributed by atoms with van der Waals surface area (Å²) < 4.78 is 15.2. The average molecular weight is 512 g/mol. The molecule has 0 aliphatic carbocycles. The van der Waals surface area contributed by atoms with Gasteiger partial charge in [0.05, 0.1) is 4.91 Å². The van der Waals surface area contributed by atoms with E-state index in [1.807, 2.05) is 18.2 Å². The van der Waals surface area contributed by atoms with Crippen LogP contribution in [0, 0.1) is 9.39 Å². The Kier molecular flexibility index (Phi) is 6.61. The highest BCUT2D eigenvalue weighted by Gasteiger charge is 2.32. The van der Waals surface area contributed by atoms with Gasteiger partial charge in [-0.05, 0) is 52.9 Å². The third kappa shape index (κ3) is 5.14. The van der Waals surface area contributed by atoms with Gasteiger partial charge in [-0.25, -0.2) is 4.39 Å². The summed E-state index contributed by atoms with van der Waals surface area (Å²) in [7, 11) is 0. The van der Waals surface area contributed by atoms with Gasteiger partial charge in [-0.1, -0.05) is 48.2 Å². The van der Waals surface area contributed by atoms with Crippen molar-refractivity contribution in [2.45, 2.75) is 6.42 Å². The molecule has 138 valence electrons. The molecule has 1 aliphatic rings. The standard InChI is InChI=1S/C19H14FIN2O2S2/c20-15-7-2-1-4-12(15)10-16-18(25)23(19(26)27-16)9-8-17(24)22-14-6-3-5-13(21)11-14/h1-7,10-11H,8-9H2,(H,22,24)/b16-10-. The van der Waals surface area contributed by atoms with Crippen molar-refractivity contribution in [2.75, 3.05) is 11.9 Å². The fourth-order valence-corrected chi connectivity index (χ4v) is 4.27. The van der Waals surface area contributed by atoms with E-state index >= 15 is 0 Å². The number of nitrogens with one attached hydrogen (secondary N) is 1. The second-order valence-corrected chi connectivity index (χ2v) is 8.58. The summed E-state index contributed by atoms with van der Waals surface area (Å²) in [6, 6.07) is 13.7. The maximum absolute atomic E-state index is 13.8. The molecule has 0 unspecified atom stereocenters.